The molecule has 35 heavy (non-hydrogen) atoms. The maximum absolute atomic E-state index is 13.7. The Morgan fingerprint density at radius 1 is 1.00 bits per heavy atom. The lowest BCUT2D eigenvalue weighted by Crippen LogP contribution is -2.27. The van der Waals surface area contributed by atoms with Crippen molar-refractivity contribution in [1.29, 1.82) is 0 Å². The van der Waals surface area contributed by atoms with E-state index in [0.29, 0.717) is 29.1 Å². The number of nitrogens with zero attached hydrogens (tertiary/aromatic N) is 2. The van der Waals surface area contributed by atoms with Gasteiger partial charge in [0.25, 0.3) is 10.0 Å². The molecule has 4 rings (SSSR count). The summed E-state index contributed by atoms with van der Waals surface area (Å²) in [4.78, 5) is 0.103. The van der Waals surface area contributed by atoms with E-state index in [0.717, 1.165) is 15.5 Å². The molecule has 1 atom stereocenters. The van der Waals surface area contributed by atoms with Crippen LogP contribution in [0, 0.1) is 6.92 Å². The summed E-state index contributed by atoms with van der Waals surface area (Å²) in [6.07, 6.45) is 0.338. The second-order valence-corrected chi connectivity index (χ2v) is 12.0. The molecule has 0 fully saturated rings. The summed E-state index contributed by atoms with van der Waals surface area (Å²) in [5, 5.41) is 4.56. The molecule has 10 heteroatoms. The molecule has 0 amide bonds. The smallest absolute Gasteiger partial charge is 0.279 e. The van der Waals surface area contributed by atoms with Gasteiger partial charge in [-0.15, -0.1) is 0 Å². The van der Waals surface area contributed by atoms with Crippen molar-refractivity contribution >= 4 is 31.4 Å². The van der Waals surface area contributed by atoms with E-state index in [4.69, 9.17) is 4.74 Å². The fourth-order valence-electron chi connectivity index (χ4n) is 3.95. The SMILES string of the molecule is CCS(=O)(=O)Nc1cccc(C2=NN(S(=O)(=O)c3ccc(OC)cc3)[C@@H](c3ccccc3C)C2)c1. The van der Waals surface area contributed by atoms with Crippen molar-refractivity contribution in [3.05, 3.63) is 89.5 Å². The molecule has 0 unspecified atom stereocenters. The van der Waals surface area contributed by atoms with Gasteiger partial charge in [0.1, 0.15) is 5.75 Å². The topological polar surface area (TPSA) is 105 Å². The second-order valence-electron chi connectivity index (χ2n) is 8.16. The number of anilines is 1. The van der Waals surface area contributed by atoms with Gasteiger partial charge in [-0.2, -0.15) is 17.9 Å². The summed E-state index contributed by atoms with van der Waals surface area (Å²) in [6.45, 7) is 3.49. The minimum absolute atomic E-state index is 0.0542. The lowest BCUT2D eigenvalue weighted by molar-refractivity contribution is 0.370. The lowest BCUT2D eigenvalue weighted by atomic mass is 9.96. The highest BCUT2D eigenvalue weighted by Crippen LogP contribution is 2.38. The van der Waals surface area contributed by atoms with Gasteiger partial charge in [-0.05, 0) is 66.9 Å². The quantitative estimate of drug-likeness (QED) is 0.483. The lowest BCUT2D eigenvalue weighted by Gasteiger charge is -2.24. The normalized spacial score (nSPS) is 16.1. The van der Waals surface area contributed by atoms with Crippen LogP contribution in [0.1, 0.15) is 36.1 Å². The van der Waals surface area contributed by atoms with Gasteiger partial charge in [0.2, 0.25) is 10.0 Å². The van der Waals surface area contributed by atoms with Crippen molar-refractivity contribution in [2.24, 2.45) is 5.10 Å². The third-order valence-corrected chi connectivity index (χ3v) is 8.88. The first kappa shape index (κ1) is 24.7. The number of hydrogen-bond donors (Lipinski definition) is 1. The molecular formula is C25H27N3O5S2. The van der Waals surface area contributed by atoms with E-state index in [9.17, 15) is 16.8 Å². The van der Waals surface area contributed by atoms with Gasteiger partial charge in [0, 0.05) is 12.1 Å². The highest BCUT2D eigenvalue weighted by Gasteiger charge is 2.38. The molecule has 1 aliphatic rings. The van der Waals surface area contributed by atoms with Crippen molar-refractivity contribution in [3.8, 4) is 5.75 Å². The number of sulfonamides is 2. The fourth-order valence-corrected chi connectivity index (χ4v) is 6.00. The fraction of sp³-hybridized carbons (Fsp3) is 0.240. The van der Waals surface area contributed by atoms with Crippen LogP contribution in [0.3, 0.4) is 0 Å². The summed E-state index contributed by atoms with van der Waals surface area (Å²) in [7, 11) is -5.92. The number of methoxy groups -OCH3 is 1. The number of benzene rings is 3. The van der Waals surface area contributed by atoms with Crippen LogP contribution in [-0.2, 0) is 20.0 Å². The Kier molecular flexibility index (Phi) is 6.86. The minimum Gasteiger partial charge on any atom is -0.497 e. The molecular weight excluding hydrogens is 486 g/mol. The summed E-state index contributed by atoms with van der Waals surface area (Å²) in [5.74, 6) is 0.498. The van der Waals surface area contributed by atoms with Crippen LogP contribution in [-0.4, -0.2) is 39.8 Å². The first-order valence-corrected chi connectivity index (χ1v) is 14.2. The standard InChI is InChI=1S/C25H27N3O5S2/c1-4-34(29,30)27-20-10-7-9-19(16-20)24-17-25(23-11-6-5-8-18(23)2)28(26-24)35(31,32)22-14-12-21(33-3)13-15-22/h5-16,25,27H,4,17H2,1-3H3/t25-/m1/s1. The Hall–Kier alpha value is -3.37. The van der Waals surface area contributed by atoms with Crippen molar-refractivity contribution in [2.75, 3.05) is 17.6 Å². The Bertz CT molecular complexity index is 1470. The maximum atomic E-state index is 13.7. The van der Waals surface area contributed by atoms with Crippen LogP contribution in [0.25, 0.3) is 0 Å². The molecule has 8 nitrogen and oxygen atoms in total. The zero-order chi connectivity index (χ0) is 25.2. The summed E-state index contributed by atoms with van der Waals surface area (Å²) >= 11 is 0. The van der Waals surface area contributed by atoms with E-state index < -0.39 is 26.1 Å². The van der Waals surface area contributed by atoms with E-state index in [2.05, 4.69) is 9.82 Å². The molecule has 1 aliphatic heterocycles. The van der Waals surface area contributed by atoms with Crippen molar-refractivity contribution < 1.29 is 21.6 Å². The Morgan fingerprint density at radius 3 is 2.37 bits per heavy atom. The summed E-state index contributed by atoms with van der Waals surface area (Å²) in [5.41, 5.74) is 3.40. The monoisotopic (exact) mass is 513 g/mol. The number of aryl methyl sites for hydroxylation is 1. The van der Waals surface area contributed by atoms with Gasteiger partial charge in [-0.1, -0.05) is 36.4 Å². The summed E-state index contributed by atoms with van der Waals surface area (Å²) in [6, 6.07) is 20.1. The highest BCUT2D eigenvalue weighted by molar-refractivity contribution is 7.92. The third kappa shape index (κ3) is 5.18. The van der Waals surface area contributed by atoms with Crippen molar-refractivity contribution in [3.63, 3.8) is 0 Å². The summed E-state index contributed by atoms with van der Waals surface area (Å²) < 4.78 is 60.3. The molecule has 0 aliphatic carbocycles. The van der Waals surface area contributed by atoms with Gasteiger partial charge >= 0.3 is 0 Å². The molecule has 0 saturated heterocycles. The number of hydrogen-bond acceptors (Lipinski definition) is 6. The van der Waals surface area contributed by atoms with Gasteiger partial charge in [-0.3, -0.25) is 4.72 Å². The molecule has 3 aromatic carbocycles. The molecule has 0 saturated carbocycles. The van der Waals surface area contributed by atoms with Crippen molar-refractivity contribution in [1.82, 2.24) is 4.41 Å². The maximum Gasteiger partial charge on any atom is 0.279 e. The van der Waals surface area contributed by atoms with Crippen LogP contribution in [0.5, 0.6) is 5.75 Å². The molecule has 184 valence electrons. The first-order chi connectivity index (χ1) is 16.6. The Morgan fingerprint density at radius 2 is 1.71 bits per heavy atom. The first-order valence-electron chi connectivity index (χ1n) is 11.1. The predicted molar refractivity (Wildman–Crippen MR) is 137 cm³/mol. The van der Waals surface area contributed by atoms with E-state index in [1.807, 2.05) is 31.2 Å². The van der Waals surface area contributed by atoms with Crippen LogP contribution in [0.4, 0.5) is 5.69 Å². The molecule has 1 heterocycles. The largest absolute Gasteiger partial charge is 0.497 e. The van der Waals surface area contributed by atoms with Gasteiger partial charge in [0.15, 0.2) is 0 Å². The zero-order valence-electron chi connectivity index (χ0n) is 19.7. The molecule has 1 N–H and O–H groups in total. The highest BCUT2D eigenvalue weighted by atomic mass is 32.2. The van der Waals surface area contributed by atoms with E-state index >= 15 is 0 Å². The van der Waals surface area contributed by atoms with Crippen LogP contribution in [0.15, 0.2) is 82.8 Å². The van der Waals surface area contributed by atoms with Crippen LogP contribution in [0.2, 0.25) is 0 Å². The zero-order valence-corrected chi connectivity index (χ0v) is 21.3. The minimum atomic E-state index is -3.98. The van der Waals surface area contributed by atoms with E-state index in [1.54, 1.807) is 43.3 Å². The Labute approximate surface area is 206 Å². The average molecular weight is 514 g/mol. The van der Waals surface area contributed by atoms with Gasteiger partial charge in [0.05, 0.1) is 29.5 Å². The number of rotatable bonds is 8. The molecule has 0 aromatic heterocycles. The van der Waals surface area contributed by atoms with Crippen LogP contribution >= 0.6 is 0 Å². The number of ether oxygens (including phenoxy) is 1. The van der Waals surface area contributed by atoms with Crippen molar-refractivity contribution in [2.45, 2.75) is 31.2 Å². The van der Waals surface area contributed by atoms with Gasteiger partial charge in [-0.25, -0.2) is 8.42 Å². The third-order valence-electron chi connectivity index (χ3n) is 5.87. The second kappa shape index (κ2) is 9.71. The number of nitrogens with one attached hydrogen (secondary N) is 1. The van der Waals surface area contributed by atoms with E-state index in [1.165, 1.54) is 19.2 Å². The Balaban J connectivity index is 1.77. The van der Waals surface area contributed by atoms with Gasteiger partial charge < -0.3 is 4.74 Å². The molecule has 0 spiro atoms. The predicted octanol–water partition coefficient (Wildman–Crippen LogP) is 4.31. The average Bonchev–Trinajstić information content (AvgIpc) is 3.30. The van der Waals surface area contributed by atoms with Crippen LogP contribution < -0.4 is 9.46 Å². The molecule has 0 bridgehead atoms. The van der Waals surface area contributed by atoms with E-state index in [-0.39, 0.29) is 10.6 Å². The molecule has 0 radical (unpaired) electrons. The molecule has 3 aromatic rings. The number of hydrazone groups is 1.